The third-order valence-corrected chi connectivity index (χ3v) is 6.99. The Balaban J connectivity index is 1.81. The fraction of sp³-hybridized carbons (Fsp3) is 0.611. The minimum atomic E-state index is -3.22. The summed E-state index contributed by atoms with van der Waals surface area (Å²) in [6.45, 7) is 6.25. The highest BCUT2D eigenvalue weighted by Crippen LogP contribution is 2.28. The van der Waals surface area contributed by atoms with Gasteiger partial charge in [-0.15, -0.1) is 0 Å². The Hall–Kier alpha value is -1.56. The van der Waals surface area contributed by atoms with E-state index in [0.29, 0.717) is 23.7 Å². The number of hydrogen-bond acceptors (Lipinski definition) is 3. The average Bonchev–Trinajstić information content (AvgIpc) is 2.55. The summed E-state index contributed by atoms with van der Waals surface area (Å²) in [6, 6.07) is 5.39. The van der Waals surface area contributed by atoms with Crippen LogP contribution in [0.2, 0.25) is 0 Å². The van der Waals surface area contributed by atoms with Gasteiger partial charge in [-0.1, -0.05) is 6.92 Å². The third-order valence-electron chi connectivity index (χ3n) is 5.13. The molecule has 2 aliphatic rings. The van der Waals surface area contributed by atoms with Gasteiger partial charge in [-0.2, -0.15) is 0 Å². The maximum absolute atomic E-state index is 12.7. The molecular weight excluding hydrogens is 324 g/mol. The van der Waals surface area contributed by atoms with Gasteiger partial charge in [0.15, 0.2) is 0 Å². The lowest BCUT2D eigenvalue weighted by atomic mass is 9.98. The van der Waals surface area contributed by atoms with Crippen molar-refractivity contribution in [3.8, 4) is 0 Å². The van der Waals surface area contributed by atoms with Crippen molar-refractivity contribution in [3.05, 3.63) is 29.3 Å². The number of likely N-dealkylation sites (tertiary alicyclic amines) is 1. The molecule has 0 radical (unpaired) electrons. The van der Waals surface area contributed by atoms with Crippen LogP contribution in [0.4, 0.5) is 5.69 Å². The number of amides is 1. The maximum atomic E-state index is 12.7. The summed E-state index contributed by atoms with van der Waals surface area (Å²) in [4.78, 5) is 14.6. The van der Waals surface area contributed by atoms with E-state index < -0.39 is 10.0 Å². The molecule has 3 rings (SSSR count). The molecule has 2 fully saturated rings. The van der Waals surface area contributed by atoms with E-state index in [1.165, 1.54) is 4.31 Å². The normalized spacial score (nSPS) is 21.8. The van der Waals surface area contributed by atoms with E-state index in [1.54, 1.807) is 12.1 Å². The first-order valence-electron chi connectivity index (χ1n) is 8.79. The summed E-state index contributed by atoms with van der Waals surface area (Å²) in [6.07, 6.45) is 3.71. The Kier molecular flexibility index (Phi) is 4.85. The number of piperidine rings is 1. The SMILES string of the molecule is Cc1cc(C(=O)N2CCC(C)CC2)ccc1N1CCCCS1(=O)=O. The number of anilines is 1. The van der Waals surface area contributed by atoms with E-state index in [0.717, 1.165) is 44.3 Å². The number of carbonyl (C=O) groups is 1. The van der Waals surface area contributed by atoms with Gasteiger partial charge in [0, 0.05) is 25.2 Å². The fourth-order valence-electron chi connectivity index (χ4n) is 3.52. The zero-order chi connectivity index (χ0) is 17.3. The molecule has 2 aliphatic heterocycles. The van der Waals surface area contributed by atoms with E-state index in [4.69, 9.17) is 0 Å². The largest absolute Gasteiger partial charge is 0.339 e. The molecule has 0 aromatic heterocycles. The van der Waals surface area contributed by atoms with Crippen molar-refractivity contribution in [1.82, 2.24) is 4.90 Å². The van der Waals surface area contributed by atoms with Gasteiger partial charge < -0.3 is 4.90 Å². The molecule has 6 heteroatoms. The summed E-state index contributed by atoms with van der Waals surface area (Å²) in [5, 5.41) is 0. The van der Waals surface area contributed by atoms with Crippen LogP contribution >= 0.6 is 0 Å². The van der Waals surface area contributed by atoms with Gasteiger partial charge in [-0.25, -0.2) is 8.42 Å². The van der Waals surface area contributed by atoms with Gasteiger partial charge in [-0.05, 0) is 62.3 Å². The van der Waals surface area contributed by atoms with Crippen LogP contribution in [0.15, 0.2) is 18.2 Å². The van der Waals surface area contributed by atoms with Gasteiger partial charge in [0.25, 0.3) is 5.91 Å². The molecule has 132 valence electrons. The number of sulfonamides is 1. The number of carbonyl (C=O) groups excluding carboxylic acids is 1. The van der Waals surface area contributed by atoms with Crippen molar-refractivity contribution in [1.29, 1.82) is 0 Å². The second-order valence-corrected chi connectivity index (χ2v) is 9.08. The molecule has 0 unspecified atom stereocenters. The molecule has 0 atom stereocenters. The molecule has 24 heavy (non-hydrogen) atoms. The first-order valence-corrected chi connectivity index (χ1v) is 10.4. The number of nitrogens with zero attached hydrogens (tertiary/aromatic N) is 2. The molecule has 0 N–H and O–H groups in total. The van der Waals surface area contributed by atoms with E-state index in [1.807, 2.05) is 17.9 Å². The van der Waals surface area contributed by atoms with E-state index >= 15 is 0 Å². The summed E-state index contributed by atoms with van der Waals surface area (Å²) in [7, 11) is -3.22. The number of aryl methyl sites for hydroxylation is 1. The molecule has 1 aromatic carbocycles. The van der Waals surface area contributed by atoms with Crippen molar-refractivity contribution in [2.45, 2.75) is 39.5 Å². The van der Waals surface area contributed by atoms with Gasteiger partial charge in [0.2, 0.25) is 10.0 Å². The smallest absolute Gasteiger partial charge is 0.253 e. The van der Waals surface area contributed by atoms with Crippen LogP contribution in [0.5, 0.6) is 0 Å². The third kappa shape index (κ3) is 3.43. The Morgan fingerprint density at radius 3 is 2.46 bits per heavy atom. The molecule has 1 amide bonds. The van der Waals surface area contributed by atoms with Crippen molar-refractivity contribution < 1.29 is 13.2 Å². The first-order chi connectivity index (χ1) is 11.4. The Morgan fingerprint density at radius 1 is 1.12 bits per heavy atom. The second-order valence-electron chi connectivity index (χ2n) is 7.07. The lowest BCUT2D eigenvalue weighted by molar-refractivity contribution is 0.0697. The predicted octanol–water partition coefficient (Wildman–Crippen LogP) is 2.80. The zero-order valence-corrected chi connectivity index (χ0v) is 15.3. The maximum Gasteiger partial charge on any atom is 0.253 e. The Labute approximate surface area is 144 Å². The number of hydrogen-bond donors (Lipinski definition) is 0. The lowest BCUT2D eigenvalue weighted by Gasteiger charge is -2.31. The molecule has 5 nitrogen and oxygen atoms in total. The molecule has 0 spiro atoms. The van der Waals surface area contributed by atoms with Crippen LogP contribution in [0.3, 0.4) is 0 Å². The minimum Gasteiger partial charge on any atom is -0.339 e. The van der Waals surface area contributed by atoms with Gasteiger partial charge in [-0.3, -0.25) is 9.10 Å². The van der Waals surface area contributed by atoms with Gasteiger partial charge >= 0.3 is 0 Å². The standard InChI is InChI=1S/C18H26N2O3S/c1-14-7-10-19(11-8-14)18(21)16-5-6-17(15(2)13-16)20-9-3-4-12-24(20,22)23/h5-6,13-14H,3-4,7-12H2,1-2H3. The van der Waals surface area contributed by atoms with E-state index in [9.17, 15) is 13.2 Å². The van der Waals surface area contributed by atoms with Crippen molar-refractivity contribution in [3.63, 3.8) is 0 Å². The van der Waals surface area contributed by atoms with Crippen molar-refractivity contribution >= 4 is 21.6 Å². The van der Waals surface area contributed by atoms with E-state index in [-0.39, 0.29) is 11.7 Å². The molecule has 0 saturated carbocycles. The first kappa shape index (κ1) is 17.3. The number of benzene rings is 1. The highest BCUT2D eigenvalue weighted by Gasteiger charge is 2.28. The van der Waals surface area contributed by atoms with Gasteiger partial charge in [0.05, 0.1) is 11.4 Å². The van der Waals surface area contributed by atoms with Crippen molar-refractivity contribution in [2.24, 2.45) is 5.92 Å². The summed E-state index contributed by atoms with van der Waals surface area (Å²) < 4.78 is 26.1. The second kappa shape index (κ2) is 6.75. The molecule has 0 aliphatic carbocycles. The van der Waals surface area contributed by atoms with Crippen LogP contribution < -0.4 is 4.31 Å². The topological polar surface area (TPSA) is 57.7 Å². The summed E-state index contributed by atoms with van der Waals surface area (Å²) in [5.74, 6) is 0.944. The highest BCUT2D eigenvalue weighted by atomic mass is 32.2. The Bertz CT molecular complexity index is 722. The van der Waals surface area contributed by atoms with E-state index in [2.05, 4.69) is 6.92 Å². The minimum absolute atomic E-state index is 0.0538. The zero-order valence-electron chi connectivity index (χ0n) is 14.5. The summed E-state index contributed by atoms with van der Waals surface area (Å²) in [5.41, 5.74) is 2.20. The molecule has 0 bridgehead atoms. The van der Waals surface area contributed by atoms with Crippen LogP contribution in [-0.4, -0.2) is 44.6 Å². The fourth-order valence-corrected chi connectivity index (χ4v) is 5.22. The van der Waals surface area contributed by atoms with Crippen LogP contribution in [-0.2, 0) is 10.0 Å². The lowest BCUT2D eigenvalue weighted by Crippen LogP contribution is -2.39. The van der Waals surface area contributed by atoms with Crippen LogP contribution in [0.1, 0.15) is 48.5 Å². The van der Waals surface area contributed by atoms with Crippen LogP contribution in [0.25, 0.3) is 0 Å². The monoisotopic (exact) mass is 350 g/mol. The van der Waals surface area contributed by atoms with Crippen molar-refractivity contribution in [2.75, 3.05) is 29.7 Å². The quantitative estimate of drug-likeness (QED) is 0.824. The number of rotatable bonds is 2. The summed E-state index contributed by atoms with van der Waals surface area (Å²) >= 11 is 0. The molecular formula is C18H26N2O3S. The van der Waals surface area contributed by atoms with Gasteiger partial charge in [0.1, 0.15) is 0 Å². The Morgan fingerprint density at radius 2 is 1.83 bits per heavy atom. The predicted molar refractivity (Wildman–Crippen MR) is 95.8 cm³/mol. The van der Waals surface area contributed by atoms with Crippen LogP contribution in [0, 0.1) is 12.8 Å². The molecule has 1 aromatic rings. The highest BCUT2D eigenvalue weighted by molar-refractivity contribution is 7.92. The average molecular weight is 350 g/mol. The molecule has 2 heterocycles. The molecule has 2 saturated heterocycles.